The summed E-state index contributed by atoms with van der Waals surface area (Å²) >= 11 is 0. The summed E-state index contributed by atoms with van der Waals surface area (Å²) in [4.78, 5) is 4.15. The van der Waals surface area contributed by atoms with E-state index in [2.05, 4.69) is 17.0 Å². The topological polar surface area (TPSA) is 66.0 Å². The molecule has 5 nitrogen and oxygen atoms in total. The maximum Gasteiger partial charge on any atom is 0.138 e. The van der Waals surface area contributed by atoms with Crippen molar-refractivity contribution < 1.29 is 4.74 Å². The summed E-state index contributed by atoms with van der Waals surface area (Å²) in [5.41, 5.74) is 6.07. The van der Waals surface area contributed by atoms with Crippen molar-refractivity contribution in [3.05, 3.63) is 12.2 Å². The van der Waals surface area contributed by atoms with Gasteiger partial charge in [0.2, 0.25) is 0 Å². The molecule has 0 fully saturated rings. The van der Waals surface area contributed by atoms with Crippen LogP contribution in [-0.2, 0) is 18.2 Å². The van der Waals surface area contributed by atoms with Gasteiger partial charge >= 0.3 is 0 Å². The number of rotatable bonds is 6. The molecular weight excluding hydrogens is 192 g/mol. The predicted octanol–water partition coefficient (Wildman–Crippen LogP) is 0.500. The highest BCUT2D eigenvalue weighted by atomic mass is 16.5. The lowest BCUT2D eigenvalue weighted by molar-refractivity contribution is 0.0719. The van der Waals surface area contributed by atoms with Crippen molar-refractivity contribution in [3.8, 4) is 0 Å². The summed E-state index contributed by atoms with van der Waals surface area (Å²) in [6.07, 6.45) is 4.41. The fourth-order valence-corrected chi connectivity index (χ4v) is 1.64. The van der Waals surface area contributed by atoms with Crippen LogP contribution in [0.25, 0.3) is 0 Å². The SMILES string of the molecule is CCCC(OC)C(N)Cc1ncnn1C. The van der Waals surface area contributed by atoms with Gasteiger partial charge in [-0.1, -0.05) is 13.3 Å². The molecule has 0 bridgehead atoms. The molecule has 0 amide bonds. The quantitative estimate of drug-likeness (QED) is 0.745. The normalized spacial score (nSPS) is 15.2. The van der Waals surface area contributed by atoms with Gasteiger partial charge < -0.3 is 10.5 Å². The predicted molar refractivity (Wildman–Crippen MR) is 58.4 cm³/mol. The molecule has 0 aromatic carbocycles. The van der Waals surface area contributed by atoms with Gasteiger partial charge in [-0.05, 0) is 6.42 Å². The minimum Gasteiger partial charge on any atom is -0.380 e. The first-order valence-electron chi connectivity index (χ1n) is 5.30. The van der Waals surface area contributed by atoms with E-state index in [1.54, 1.807) is 18.1 Å². The fraction of sp³-hybridized carbons (Fsp3) is 0.800. The zero-order chi connectivity index (χ0) is 11.3. The fourth-order valence-electron chi connectivity index (χ4n) is 1.64. The molecule has 0 saturated carbocycles. The van der Waals surface area contributed by atoms with E-state index < -0.39 is 0 Å². The Labute approximate surface area is 90.6 Å². The minimum absolute atomic E-state index is 0.0159. The highest BCUT2D eigenvalue weighted by molar-refractivity contribution is 4.90. The van der Waals surface area contributed by atoms with Crippen molar-refractivity contribution >= 4 is 0 Å². The van der Waals surface area contributed by atoms with E-state index in [1.165, 1.54) is 0 Å². The zero-order valence-electron chi connectivity index (χ0n) is 9.68. The van der Waals surface area contributed by atoms with Crippen LogP contribution in [0.1, 0.15) is 25.6 Å². The molecule has 0 aliphatic rings. The van der Waals surface area contributed by atoms with Crippen LogP contribution in [0.3, 0.4) is 0 Å². The van der Waals surface area contributed by atoms with E-state index in [4.69, 9.17) is 10.5 Å². The molecular formula is C10H20N4O. The Hall–Kier alpha value is -0.940. The van der Waals surface area contributed by atoms with Gasteiger partial charge in [-0.25, -0.2) is 4.98 Å². The number of hydrogen-bond acceptors (Lipinski definition) is 4. The zero-order valence-corrected chi connectivity index (χ0v) is 9.68. The number of aromatic nitrogens is 3. The molecule has 1 rings (SSSR count). The van der Waals surface area contributed by atoms with E-state index in [-0.39, 0.29) is 12.1 Å². The number of methoxy groups -OCH3 is 1. The third kappa shape index (κ3) is 3.28. The van der Waals surface area contributed by atoms with Crippen LogP contribution in [-0.4, -0.2) is 34.0 Å². The molecule has 1 aromatic rings. The largest absolute Gasteiger partial charge is 0.380 e. The maximum absolute atomic E-state index is 6.07. The van der Waals surface area contributed by atoms with Gasteiger partial charge in [0.25, 0.3) is 0 Å². The molecule has 0 spiro atoms. The third-order valence-corrected chi connectivity index (χ3v) is 2.58. The standard InChI is InChI=1S/C10H20N4O/c1-4-5-9(15-3)8(11)6-10-12-7-13-14(10)2/h7-9H,4-6,11H2,1-3H3. The average Bonchev–Trinajstić information content (AvgIpc) is 2.60. The molecule has 15 heavy (non-hydrogen) atoms. The molecule has 1 aromatic heterocycles. The number of nitrogens with zero attached hydrogens (tertiary/aromatic N) is 3. The molecule has 86 valence electrons. The summed E-state index contributed by atoms with van der Waals surface area (Å²) in [6.45, 7) is 2.13. The first-order chi connectivity index (χ1) is 7.19. The van der Waals surface area contributed by atoms with Gasteiger partial charge in [-0.2, -0.15) is 5.10 Å². The van der Waals surface area contributed by atoms with Crippen LogP contribution in [0.15, 0.2) is 6.33 Å². The smallest absolute Gasteiger partial charge is 0.138 e. The van der Waals surface area contributed by atoms with Gasteiger partial charge in [0.15, 0.2) is 0 Å². The van der Waals surface area contributed by atoms with Crippen molar-refractivity contribution in [3.63, 3.8) is 0 Å². The summed E-state index contributed by atoms with van der Waals surface area (Å²) in [5, 5.41) is 4.01. The highest BCUT2D eigenvalue weighted by Crippen LogP contribution is 2.08. The number of nitrogens with two attached hydrogens (primary N) is 1. The van der Waals surface area contributed by atoms with Crippen LogP contribution in [0.5, 0.6) is 0 Å². The molecule has 0 aliphatic heterocycles. The molecule has 2 atom stereocenters. The minimum atomic E-state index is -0.0159. The Morgan fingerprint density at radius 2 is 2.33 bits per heavy atom. The van der Waals surface area contributed by atoms with Crippen molar-refractivity contribution in [1.82, 2.24) is 14.8 Å². The second-order valence-corrected chi connectivity index (χ2v) is 3.73. The van der Waals surface area contributed by atoms with E-state index in [1.807, 2.05) is 7.05 Å². The molecule has 1 heterocycles. The molecule has 0 saturated heterocycles. The Morgan fingerprint density at radius 3 is 2.80 bits per heavy atom. The van der Waals surface area contributed by atoms with Gasteiger partial charge in [-0.3, -0.25) is 4.68 Å². The summed E-state index contributed by atoms with van der Waals surface area (Å²) in [5.74, 6) is 0.903. The van der Waals surface area contributed by atoms with E-state index in [9.17, 15) is 0 Å². The number of ether oxygens (including phenoxy) is 1. The van der Waals surface area contributed by atoms with Crippen LogP contribution in [0, 0.1) is 0 Å². The Morgan fingerprint density at radius 1 is 1.60 bits per heavy atom. The van der Waals surface area contributed by atoms with E-state index in [0.29, 0.717) is 6.42 Å². The third-order valence-electron chi connectivity index (χ3n) is 2.58. The van der Waals surface area contributed by atoms with Gasteiger partial charge in [0.1, 0.15) is 12.2 Å². The summed E-state index contributed by atoms with van der Waals surface area (Å²) in [7, 11) is 3.58. The average molecular weight is 212 g/mol. The van der Waals surface area contributed by atoms with Gasteiger partial charge in [-0.15, -0.1) is 0 Å². The van der Waals surface area contributed by atoms with Crippen LogP contribution >= 0.6 is 0 Å². The second kappa shape index (κ2) is 5.82. The maximum atomic E-state index is 6.07. The molecule has 2 unspecified atom stereocenters. The van der Waals surface area contributed by atoms with Crippen LogP contribution < -0.4 is 5.73 Å². The van der Waals surface area contributed by atoms with Crippen molar-refractivity contribution in [2.45, 2.75) is 38.3 Å². The van der Waals surface area contributed by atoms with Crippen LogP contribution in [0.2, 0.25) is 0 Å². The van der Waals surface area contributed by atoms with Crippen molar-refractivity contribution in [1.29, 1.82) is 0 Å². The van der Waals surface area contributed by atoms with Crippen LogP contribution in [0.4, 0.5) is 0 Å². The van der Waals surface area contributed by atoms with Gasteiger partial charge in [0.05, 0.1) is 6.10 Å². The number of aryl methyl sites for hydroxylation is 1. The lowest BCUT2D eigenvalue weighted by Gasteiger charge is -2.21. The van der Waals surface area contributed by atoms with Gasteiger partial charge in [0, 0.05) is 26.6 Å². The molecule has 2 N–H and O–H groups in total. The summed E-state index contributed by atoms with van der Waals surface area (Å²) < 4.78 is 7.11. The number of hydrogen-bond donors (Lipinski definition) is 1. The molecule has 0 radical (unpaired) electrons. The monoisotopic (exact) mass is 212 g/mol. The molecule has 0 aliphatic carbocycles. The second-order valence-electron chi connectivity index (χ2n) is 3.73. The van der Waals surface area contributed by atoms with Crippen molar-refractivity contribution in [2.75, 3.05) is 7.11 Å². The van der Waals surface area contributed by atoms with E-state index >= 15 is 0 Å². The first kappa shape index (κ1) is 12.1. The Bertz CT molecular complexity index is 287. The highest BCUT2D eigenvalue weighted by Gasteiger charge is 2.18. The lowest BCUT2D eigenvalue weighted by atomic mass is 10.0. The van der Waals surface area contributed by atoms with Crippen molar-refractivity contribution in [2.24, 2.45) is 12.8 Å². The Kier molecular flexibility index (Phi) is 4.71. The first-order valence-corrected chi connectivity index (χ1v) is 5.30. The molecule has 5 heteroatoms. The lowest BCUT2D eigenvalue weighted by Crippen LogP contribution is -2.38. The van der Waals surface area contributed by atoms with E-state index in [0.717, 1.165) is 18.7 Å². The Balaban J connectivity index is 2.53. The summed E-state index contributed by atoms with van der Waals surface area (Å²) in [6, 6.07) is -0.0159.